The van der Waals surface area contributed by atoms with Gasteiger partial charge in [-0.05, 0) is 35.2 Å². The zero-order chi connectivity index (χ0) is 11.0. The predicted octanol–water partition coefficient (Wildman–Crippen LogP) is 2.91. The molecule has 3 nitrogen and oxygen atoms in total. The van der Waals surface area contributed by atoms with Crippen LogP contribution in [0.4, 0.5) is 5.82 Å². The first-order valence-electron chi connectivity index (χ1n) is 5.72. The monoisotopic (exact) mass is 233 g/mol. The lowest BCUT2D eigenvalue weighted by Crippen LogP contribution is -2.24. The number of aryl methyl sites for hydroxylation is 1. The van der Waals surface area contributed by atoms with Gasteiger partial charge in [-0.2, -0.15) is 16.4 Å². The molecular formula is C12H15N3S. The van der Waals surface area contributed by atoms with Crippen molar-refractivity contribution in [3.05, 3.63) is 34.2 Å². The summed E-state index contributed by atoms with van der Waals surface area (Å²) in [6.45, 7) is 3.22. The molecule has 0 saturated carbocycles. The number of hydrogen-bond acceptors (Lipinski definition) is 3. The van der Waals surface area contributed by atoms with E-state index < -0.39 is 0 Å². The van der Waals surface area contributed by atoms with Gasteiger partial charge in [0, 0.05) is 12.1 Å². The number of aromatic nitrogens is 2. The molecule has 3 heterocycles. The largest absolute Gasteiger partial charge is 0.370 e. The zero-order valence-corrected chi connectivity index (χ0v) is 10.1. The fraction of sp³-hybridized carbons (Fsp3) is 0.417. The van der Waals surface area contributed by atoms with Gasteiger partial charge in [0.25, 0.3) is 0 Å². The summed E-state index contributed by atoms with van der Waals surface area (Å²) >= 11 is 1.76. The molecule has 2 aromatic rings. The maximum atomic E-state index is 4.52. The zero-order valence-electron chi connectivity index (χ0n) is 9.31. The number of thiophene rings is 1. The van der Waals surface area contributed by atoms with E-state index in [9.17, 15) is 0 Å². The third kappa shape index (κ3) is 1.45. The Morgan fingerprint density at radius 1 is 1.62 bits per heavy atom. The van der Waals surface area contributed by atoms with Crippen molar-refractivity contribution < 1.29 is 0 Å². The molecule has 1 N–H and O–H groups in total. The van der Waals surface area contributed by atoms with Crippen molar-refractivity contribution in [2.45, 2.75) is 25.8 Å². The van der Waals surface area contributed by atoms with Crippen molar-refractivity contribution in [1.29, 1.82) is 0 Å². The first-order chi connectivity index (χ1) is 7.90. The summed E-state index contributed by atoms with van der Waals surface area (Å²) in [6, 6.07) is 2.63. The molecule has 0 spiro atoms. The third-order valence-corrected chi connectivity index (χ3v) is 3.89. The van der Waals surface area contributed by atoms with E-state index in [1.54, 1.807) is 11.3 Å². The fourth-order valence-corrected chi connectivity index (χ4v) is 3.02. The molecule has 16 heavy (non-hydrogen) atoms. The van der Waals surface area contributed by atoms with Gasteiger partial charge >= 0.3 is 0 Å². The summed E-state index contributed by atoms with van der Waals surface area (Å²) < 4.78 is 2.14. The molecule has 0 saturated heterocycles. The number of anilines is 1. The van der Waals surface area contributed by atoms with Crippen molar-refractivity contribution in [1.82, 2.24) is 9.78 Å². The highest BCUT2D eigenvalue weighted by Gasteiger charge is 2.23. The second kappa shape index (κ2) is 3.94. The quantitative estimate of drug-likeness (QED) is 0.864. The first-order valence-corrected chi connectivity index (χ1v) is 6.66. The van der Waals surface area contributed by atoms with E-state index in [-0.39, 0.29) is 0 Å². The van der Waals surface area contributed by atoms with Gasteiger partial charge in [0.2, 0.25) is 0 Å². The molecule has 1 atom stereocenters. The van der Waals surface area contributed by atoms with Crippen LogP contribution in [0.5, 0.6) is 0 Å². The highest BCUT2D eigenvalue weighted by atomic mass is 32.1. The van der Waals surface area contributed by atoms with Gasteiger partial charge in [-0.3, -0.25) is 0 Å². The fourth-order valence-electron chi connectivity index (χ4n) is 2.31. The van der Waals surface area contributed by atoms with Crippen LogP contribution in [0.3, 0.4) is 0 Å². The van der Waals surface area contributed by atoms with Crippen LogP contribution in [0, 0.1) is 0 Å². The van der Waals surface area contributed by atoms with Crippen LogP contribution in [-0.4, -0.2) is 16.3 Å². The first kappa shape index (κ1) is 9.90. The predicted molar refractivity (Wildman–Crippen MR) is 67.2 cm³/mol. The Hall–Kier alpha value is -1.29. The van der Waals surface area contributed by atoms with Crippen LogP contribution in [0.2, 0.25) is 0 Å². The van der Waals surface area contributed by atoms with E-state index in [0.717, 1.165) is 19.4 Å². The normalized spacial score (nSPS) is 19.2. The van der Waals surface area contributed by atoms with E-state index in [0.29, 0.717) is 6.04 Å². The van der Waals surface area contributed by atoms with Gasteiger partial charge in [0.1, 0.15) is 5.82 Å². The van der Waals surface area contributed by atoms with E-state index in [2.05, 4.69) is 38.8 Å². The van der Waals surface area contributed by atoms with Gasteiger partial charge in [-0.1, -0.05) is 6.92 Å². The summed E-state index contributed by atoms with van der Waals surface area (Å²) in [6.07, 6.45) is 4.15. The minimum atomic E-state index is 0.419. The average molecular weight is 233 g/mol. The molecular weight excluding hydrogens is 218 g/mol. The van der Waals surface area contributed by atoms with Gasteiger partial charge in [0.05, 0.1) is 12.2 Å². The summed E-state index contributed by atoms with van der Waals surface area (Å²) in [5.74, 6) is 1.21. The van der Waals surface area contributed by atoms with E-state index in [4.69, 9.17) is 0 Å². The second-order valence-corrected chi connectivity index (χ2v) is 4.88. The summed E-state index contributed by atoms with van der Waals surface area (Å²) in [7, 11) is 0. The molecule has 0 aliphatic carbocycles. The smallest absolute Gasteiger partial charge is 0.128 e. The highest BCUT2D eigenvalue weighted by molar-refractivity contribution is 7.07. The summed E-state index contributed by atoms with van der Waals surface area (Å²) in [5.41, 5.74) is 2.71. The Kier molecular flexibility index (Phi) is 2.44. The van der Waals surface area contributed by atoms with Crippen molar-refractivity contribution in [3.8, 4) is 0 Å². The minimum absolute atomic E-state index is 0.419. The topological polar surface area (TPSA) is 29.9 Å². The van der Waals surface area contributed by atoms with E-state index in [1.165, 1.54) is 16.9 Å². The van der Waals surface area contributed by atoms with Gasteiger partial charge in [-0.15, -0.1) is 0 Å². The Labute approximate surface area is 99.1 Å². The second-order valence-electron chi connectivity index (χ2n) is 4.10. The molecule has 0 bridgehead atoms. The van der Waals surface area contributed by atoms with Crippen molar-refractivity contribution in [2.75, 3.05) is 11.9 Å². The Balaban J connectivity index is 2.04. The molecule has 2 aromatic heterocycles. The van der Waals surface area contributed by atoms with Gasteiger partial charge in [0.15, 0.2) is 0 Å². The van der Waals surface area contributed by atoms with Gasteiger partial charge < -0.3 is 5.32 Å². The maximum Gasteiger partial charge on any atom is 0.128 e. The van der Waals surface area contributed by atoms with Crippen LogP contribution in [0.1, 0.15) is 30.5 Å². The number of nitrogens with one attached hydrogen (secondary N) is 1. The minimum Gasteiger partial charge on any atom is -0.370 e. The Morgan fingerprint density at radius 2 is 2.56 bits per heavy atom. The lowest BCUT2D eigenvalue weighted by molar-refractivity contribution is 0.482. The Morgan fingerprint density at radius 3 is 3.31 bits per heavy atom. The number of nitrogens with zero attached hydrogens (tertiary/aromatic N) is 2. The number of fused-ring (bicyclic) bond motifs is 1. The van der Waals surface area contributed by atoms with Crippen LogP contribution >= 0.6 is 11.3 Å². The maximum absolute atomic E-state index is 4.52. The number of rotatable bonds is 2. The third-order valence-electron chi connectivity index (χ3n) is 3.19. The van der Waals surface area contributed by atoms with E-state index >= 15 is 0 Å². The van der Waals surface area contributed by atoms with Crippen molar-refractivity contribution in [2.24, 2.45) is 0 Å². The molecule has 0 fully saturated rings. The van der Waals surface area contributed by atoms with Gasteiger partial charge in [-0.25, -0.2) is 4.68 Å². The molecule has 1 unspecified atom stereocenters. The lowest BCUT2D eigenvalue weighted by Gasteiger charge is -2.25. The molecule has 0 amide bonds. The van der Waals surface area contributed by atoms with Crippen LogP contribution in [0.25, 0.3) is 0 Å². The molecule has 84 valence electrons. The van der Waals surface area contributed by atoms with Crippen molar-refractivity contribution in [3.63, 3.8) is 0 Å². The van der Waals surface area contributed by atoms with Crippen molar-refractivity contribution >= 4 is 17.2 Å². The molecule has 1 aliphatic heterocycles. The molecule has 0 radical (unpaired) electrons. The number of hydrogen-bond donors (Lipinski definition) is 1. The van der Waals surface area contributed by atoms with Crippen LogP contribution < -0.4 is 5.32 Å². The molecule has 4 heteroatoms. The Bertz CT molecular complexity index is 472. The standard InChI is InChI=1S/C12H15N3S/c1-2-9-7-14-15-11(3-5-13-12(9)15)10-4-6-16-8-10/h4,6-8,11,13H,2-3,5H2,1H3. The molecule has 1 aliphatic rings. The highest BCUT2D eigenvalue weighted by Crippen LogP contribution is 2.32. The molecule has 3 rings (SSSR count). The summed E-state index contributed by atoms with van der Waals surface area (Å²) in [4.78, 5) is 0. The van der Waals surface area contributed by atoms with E-state index in [1.807, 2.05) is 6.20 Å². The average Bonchev–Trinajstić information content (AvgIpc) is 2.97. The lowest BCUT2D eigenvalue weighted by atomic mass is 10.1. The molecule has 0 aromatic carbocycles. The van der Waals surface area contributed by atoms with Crippen LogP contribution in [0.15, 0.2) is 23.0 Å². The van der Waals surface area contributed by atoms with Crippen LogP contribution in [-0.2, 0) is 6.42 Å². The summed E-state index contributed by atoms with van der Waals surface area (Å²) in [5, 5.41) is 12.4. The SMILES string of the molecule is CCc1cnn2c1NCCC2c1ccsc1.